The van der Waals surface area contributed by atoms with Gasteiger partial charge in [0.25, 0.3) is 0 Å². The molecule has 4 nitrogen and oxygen atoms in total. The van der Waals surface area contributed by atoms with Crippen LogP contribution in [0.1, 0.15) is 19.8 Å². The molecule has 0 saturated heterocycles. The molecule has 0 aromatic heterocycles. The van der Waals surface area contributed by atoms with Gasteiger partial charge in [-0.3, -0.25) is 0 Å². The highest BCUT2D eigenvalue weighted by molar-refractivity contribution is 9.10. The largest absolute Gasteiger partial charge is 0.398 e. The summed E-state index contributed by atoms with van der Waals surface area (Å²) in [7, 11) is -3.59. The molecule has 0 heterocycles. The number of nitrogens with one attached hydrogen (secondary N) is 1. The van der Waals surface area contributed by atoms with Crippen molar-refractivity contribution >= 4 is 43.2 Å². The highest BCUT2D eigenvalue weighted by atomic mass is 79.9. The minimum absolute atomic E-state index is 0.0803. The second-order valence-electron chi connectivity index (χ2n) is 4.94. The Balaban J connectivity index is 2.29. The van der Waals surface area contributed by atoms with E-state index >= 15 is 0 Å². The SMILES string of the molecule is CC1(CNS(=O)(=O)c2cc(Cl)cc(N)c2Br)CC1. The molecule has 0 spiro atoms. The first-order chi connectivity index (χ1) is 8.23. The smallest absolute Gasteiger partial charge is 0.241 e. The van der Waals surface area contributed by atoms with Crippen LogP contribution in [0.15, 0.2) is 21.5 Å². The zero-order chi connectivity index (χ0) is 13.6. The Hall–Kier alpha value is -0.300. The molecule has 1 aliphatic carbocycles. The van der Waals surface area contributed by atoms with Crippen LogP contribution < -0.4 is 10.5 Å². The third kappa shape index (κ3) is 2.99. The molecule has 1 saturated carbocycles. The van der Waals surface area contributed by atoms with Crippen molar-refractivity contribution in [3.8, 4) is 0 Å². The van der Waals surface area contributed by atoms with Crippen LogP contribution >= 0.6 is 27.5 Å². The van der Waals surface area contributed by atoms with E-state index < -0.39 is 10.0 Å². The first-order valence-electron chi connectivity index (χ1n) is 5.48. The van der Waals surface area contributed by atoms with Gasteiger partial charge < -0.3 is 5.73 Å². The summed E-state index contributed by atoms with van der Waals surface area (Å²) in [6.07, 6.45) is 2.10. The zero-order valence-electron chi connectivity index (χ0n) is 9.83. The van der Waals surface area contributed by atoms with Crippen molar-refractivity contribution in [3.05, 3.63) is 21.6 Å². The number of nitrogens with two attached hydrogens (primary N) is 1. The van der Waals surface area contributed by atoms with Crippen molar-refractivity contribution in [2.75, 3.05) is 12.3 Å². The molecule has 0 bridgehead atoms. The minimum Gasteiger partial charge on any atom is -0.398 e. The van der Waals surface area contributed by atoms with Crippen LogP contribution in [0.3, 0.4) is 0 Å². The van der Waals surface area contributed by atoms with Crippen LogP contribution in [-0.2, 0) is 10.0 Å². The van der Waals surface area contributed by atoms with Crippen molar-refractivity contribution < 1.29 is 8.42 Å². The summed E-state index contributed by atoms with van der Waals surface area (Å²) in [5.74, 6) is 0. The van der Waals surface area contributed by atoms with Gasteiger partial charge in [-0.05, 0) is 46.3 Å². The van der Waals surface area contributed by atoms with E-state index in [1.54, 1.807) is 0 Å². The molecule has 1 fully saturated rings. The van der Waals surface area contributed by atoms with Gasteiger partial charge in [0.2, 0.25) is 10.0 Å². The van der Waals surface area contributed by atoms with E-state index in [-0.39, 0.29) is 10.3 Å². The lowest BCUT2D eigenvalue weighted by molar-refractivity contribution is 0.530. The average Bonchev–Trinajstić information content (AvgIpc) is 3.00. The van der Waals surface area contributed by atoms with Gasteiger partial charge in [-0.2, -0.15) is 0 Å². The van der Waals surface area contributed by atoms with Gasteiger partial charge in [0, 0.05) is 17.3 Å². The van der Waals surface area contributed by atoms with Crippen LogP contribution in [0, 0.1) is 5.41 Å². The molecule has 0 amide bonds. The topological polar surface area (TPSA) is 72.2 Å². The lowest BCUT2D eigenvalue weighted by Gasteiger charge is -2.13. The highest BCUT2D eigenvalue weighted by Crippen LogP contribution is 2.44. The lowest BCUT2D eigenvalue weighted by Crippen LogP contribution is -2.29. The fourth-order valence-electron chi connectivity index (χ4n) is 1.52. The van der Waals surface area contributed by atoms with Crippen LogP contribution in [0.4, 0.5) is 5.69 Å². The quantitative estimate of drug-likeness (QED) is 0.818. The number of hydrogen-bond acceptors (Lipinski definition) is 3. The summed E-state index contributed by atoms with van der Waals surface area (Å²) in [4.78, 5) is 0.0803. The molecule has 2 rings (SSSR count). The summed E-state index contributed by atoms with van der Waals surface area (Å²) < 4.78 is 27.3. The van der Waals surface area contributed by atoms with Gasteiger partial charge in [-0.15, -0.1) is 0 Å². The molecule has 100 valence electrons. The molecule has 18 heavy (non-hydrogen) atoms. The number of nitrogen functional groups attached to an aromatic ring is 1. The van der Waals surface area contributed by atoms with Gasteiger partial charge in [-0.25, -0.2) is 13.1 Å². The van der Waals surface area contributed by atoms with Crippen LogP contribution in [-0.4, -0.2) is 15.0 Å². The first kappa shape index (κ1) is 14.1. The second kappa shape index (κ2) is 4.67. The summed E-state index contributed by atoms with van der Waals surface area (Å²) in [6, 6.07) is 2.90. The van der Waals surface area contributed by atoms with Crippen LogP contribution in [0.25, 0.3) is 0 Å². The zero-order valence-corrected chi connectivity index (χ0v) is 13.0. The molecular weight excluding hydrogens is 340 g/mol. The predicted molar refractivity (Wildman–Crippen MR) is 76.1 cm³/mol. The third-order valence-electron chi connectivity index (χ3n) is 3.11. The molecule has 3 N–H and O–H groups in total. The number of halogens is 2. The summed E-state index contributed by atoms with van der Waals surface area (Å²) in [5, 5.41) is 0.300. The summed E-state index contributed by atoms with van der Waals surface area (Å²) >= 11 is 9.02. The molecule has 0 atom stereocenters. The molecule has 1 aliphatic rings. The molecule has 0 radical (unpaired) electrons. The van der Waals surface area contributed by atoms with Crippen LogP contribution in [0.2, 0.25) is 5.02 Å². The monoisotopic (exact) mass is 352 g/mol. The molecule has 0 aliphatic heterocycles. The molecule has 1 aromatic carbocycles. The Labute approximate surface area is 120 Å². The van der Waals surface area contributed by atoms with Crippen molar-refractivity contribution in [2.45, 2.75) is 24.7 Å². The third-order valence-corrected chi connectivity index (χ3v) is 5.91. The summed E-state index contributed by atoms with van der Waals surface area (Å²) in [6.45, 7) is 2.49. The minimum atomic E-state index is -3.59. The molecule has 7 heteroatoms. The van der Waals surface area contributed by atoms with E-state index in [4.69, 9.17) is 17.3 Å². The van der Waals surface area contributed by atoms with E-state index in [2.05, 4.69) is 27.6 Å². The van der Waals surface area contributed by atoms with Gasteiger partial charge in [0.15, 0.2) is 0 Å². The van der Waals surface area contributed by atoms with Gasteiger partial charge in [0.05, 0.1) is 9.37 Å². The second-order valence-corrected chi connectivity index (χ2v) is 7.91. The maximum atomic E-state index is 12.2. The predicted octanol–water partition coefficient (Wildman–Crippen LogP) is 2.76. The van der Waals surface area contributed by atoms with Gasteiger partial charge >= 0.3 is 0 Å². The fraction of sp³-hybridized carbons (Fsp3) is 0.455. The van der Waals surface area contributed by atoms with E-state index in [0.717, 1.165) is 12.8 Å². The maximum absolute atomic E-state index is 12.2. The maximum Gasteiger partial charge on any atom is 0.241 e. The fourth-order valence-corrected chi connectivity index (χ4v) is 4.01. The van der Waals surface area contributed by atoms with Gasteiger partial charge in [0.1, 0.15) is 0 Å². The summed E-state index contributed by atoms with van der Waals surface area (Å²) in [5.41, 5.74) is 6.10. The van der Waals surface area contributed by atoms with E-state index in [0.29, 0.717) is 21.7 Å². The van der Waals surface area contributed by atoms with E-state index in [9.17, 15) is 8.42 Å². The van der Waals surface area contributed by atoms with Crippen LogP contribution in [0.5, 0.6) is 0 Å². The Kier molecular flexibility index (Phi) is 3.66. The molecular formula is C11H14BrClN2O2S. The van der Waals surface area contributed by atoms with Crippen molar-refractivity contribution in [1.82, 2.24) is 4.72 Å². The number of rotatable bonds is 4. The normalized spacial score (nSPS) is 17.7. The average molecular weight is 354 g/mol. The highest BCUT2D eigenvalue weighted by Gasteiger charge is 2.38. The van der Waals surface area contributed by atoms with Crippen molar-refractivity contribution in [2.24, 2.45) is 5.41 Å². The van der Waals surface area contributed by atoms with Crippen molar-refractivity contribution in [3.63, 3.8) is 0 Å². The standard InChI is InChI=1S/C11H14BrClN2O2S/c1-11(2-3-11)6-15-18(16,17)9-5-7(13)4-8(14)10(9)12/h4-5,15H,2-3,6,14H2,1H3. The molecule has 0 unspecified atom stereocenters. The number of hydrogen-bond donors (Lipinski definition) is 2. The number of benzene rings is 1. The number of anilines is 1. The number of sulfonamides is 1. The van der Waals surface area contributed by atoms with E-state index in [1.165, 1.54) is 12.1 Å². The molecule has 1 aromatic rings. The van der Waals surface area contributed by atoms with Gasteiger partial charge in [-0.1, -0.05) is 18.5 Å². The lowest BCUT2D eigenvalue weighted by atomic mass is 10.2. The van der Waals surface area contributed by atoms with E-state index in [1.807, 2.05) is 0 Å². The Morgan fingerprint density at radius 1 is 1.50 bits per heavy atom. The van der Waals surface area contributed by atoms with Crippen molar-refractivity contribution in [1.29, 1.82) is 0 Å². The Bertz CT molecular complexity index is 585. The Morgan fingerprint density at radius 3 is 2.67 bits per heavy atom. The first-order valence-corrected chi connectivity index (χ1v) is 8.13. The Morgan fingerprint density at radius 2 is 2.11 bits per heavy atom.